The molecule has 0 spiro atoms. The standard InChI is InChI=1S/C21H13F3N2O3/c22-14-6-8-15(9-7-14)25-19-11-18(24)17(23)10-16(19)20(27)26(21(25)28)29-12-13-4-2-1-3-5-13/h1-11H,12H2. The number of rotatable bonds is 4. The fourth-order valence-electron chi connectivity index (χ4n) is 2.95. The Bertz CT molecular complexity index is 1310. The molecule has 0 aliphatic rings. The SMILES string of the molecule is O=c1c2cc(F)c(F)cc2n(-c2ccc(F)cc2)c(=O)n1OCc1ccccc1. The van der Waals surface area contributed by atoms with E-state index in [1.165, 1.54) is 12.1 Å². The summed E-state index contributed by atoms with van der Waals surface area (Å²) in [6, 6.07) is 15.0. The first-order chi connectivity index (χ1) is 14.0. The average Bonchev–Trinajstić information content (AvgIpc) is 2.72. The van der Waals surface area contributed by atoms with Crippen LogP contribution in [0.1, 0.15) is 5.56 Å². The van der Waals surface area contributed by atoms with Gasteiger partial charge in [-0.2, -0.15) is 0 Å². The fourth-order valence-corrected chi connectivity index (χ4v) is 2.95. The van der Waals surface area contributed by atoms with Crippen LogP contribution in [0.2, 0.25) is 0 Å². The molecule has 4 aromatic rings. The third-order valence-electron chi connectivity index (χ3n) is 4.35. The largest absolute Gasteiger partial charge is 0.401 e. The minimum absolute atomic E-state index is 0.103. The molecule has 0 atom stereocenters. The minimum atomic E-state index is -1.24. The molecule has 0 aliphatic carbocycles. The molecule has 0 saturated carbocycles. The average molecular weight is 398 g/mol. The monoisotopic (exact) mass is 398 g/mol. The van der Waals surface area contributed by atoms with Gasteiger partial charge in [0.1, 0.15) is 12.4 Å². The van der Waals surface area contributed by atoms with E-state index in [4.69, 9.17) is 4.84 Å². The number of halogens is 3. The molecule has 0 N–H and O–H groups in total. The van der Waals surface area contributed by atoms with Crippen LogP contribution in [0.3, 0.4) is 0 Å². The van der Waals surface area contributed by atoms with E-state index in [-0.39, 0.29) is 23.2 Å². The smallest absolute Gasteiger partial charge is 0.369 e. The van der Waals surface area contributed by atoms with E-state index in [1.807, 2.05) is 0 Å². The molecule has 0 unspecified atom stereocenters. The maximum atomic E-state index is 13.9. The highest BCUT2D eigenvalue weighted by Gasteiger charge is 2.18. The van der Waals surface area contributed by atoms with E-state index in [0.717, 1.165) is 22.8 Å². The first-order valence-corrected chi connectivity index (χ1v) is 8.55. The maximum absolute atomic E-state index is 13.9. The summed E-state index contributed by atoms with van der Waals surface area (Å²) in [7, 11) is 0. The van der Waals surface area contributed by atoms with Gasteiger partial charge in [-0.05, 0) is 35.9 Å². The molecule has 146 valence electrons. The lowest BCUT2D eigenvalue weighted by atomic mass is 10.2. The molecule has 0 bridgehead atoms. The van der Waals surface area contributed by atoms with Gasteiger partial charge in [0, 0.05) is 6.07 Å². The first-order valence-electron chi connectivity index (χ1n) is 8.55. The Balaban J connectivity index is 1.96. The van der Waals surface area contributed by atoms with Gasteiger partial charge in [0.25, 0.3) is 5.56 Å². The van der Waals surface area contributed by atoms with Crippen molar-refractivity contribution in [3.63, 3.8) is 0 Å². The Morgan fingerprint density at radius 2 is 1.48 bits per heavy atom. The van der Waals surface area contributed by atoms with Crippen LogP contribution in [0.4, 0.5) is 13.2 Å². The van der Waals surface area contributed by atoms with Crippen LogP contribution in [-0.2, 0) is 6.61 Å². The van der Waals surface area contributed by atoms with Crippen LogP contribution in [0.25, 0.3) is 16.6 Å². The Morgan fingerprint density at radius 1 is 0.828 bits per heavy atom. The van der Waals surface area contributed by atoms with Crippen molar-refractivity contribution in [2.24, 2.45) is 0 Å². The molecule has 0 amide bonds. The van der Waals surface area contributed by atoms with Crippen molar-refractivity contribution >= 4 is 10.9 Å². The highest BCUT2D eigenvalue weighted by atomic mass is 19.2. The molecule has 29 heavy (non-hydrogen) atoms. The Hall–Kier alpha value is -3.81. The molecule has 1 aromatic heterocycles. The zero-order chi connectivity index (χ0) is 20.5. The maximum Gasteiger partial charge on any atom is 0.369 e. The molecule has 0 aliphatic heterocycles. The minimum Gasteiger partial charge on any atom is -0.401 e. The summed E-state index contributed by atoms with van der Waals surface area (Å²) in [6.07, 6.45) is 0. The Kier molecular flexibility index (Phi) is 4.67. The van der Waals surface area contributed by atoms with E-state index < -0.39 is 28.7 Å². The summed E-state index contributed by atoms with van der Waals surface area (Å²) in [6.45, 7) is -0.103. The number of benzene rings is 3. The third kappa shape index (κ3) is 3.40. The predicted molar refractivity (Wildman–Crippen MR) is 100 cm³/mol. The van der Waals surface area contributed by atoms with Crippen molar-refractivity contribution in [2.75, 3.05) is 0 Å². The van der Waals surface area contributed by atoms with Gasteiger partial charge in [-0.3, -0.25) is 9.36 Å². The molecule has 1 heterocycles. The number of nitrogens with zero attached hydrogens (tertiary/aromatic N) is 2. The molecule has 0 fully saturated rings. The fraction of sp³-hybridized carbons (Fsp3) is 0.0476. The Labute approximate surface area is 161 Å². The molecule has 0 radical (unpaired) electrons. The summed E-state index contributed by atoms with van der Waals surface area (Å²) in [5.74, 6) is -3.01. The lowest BCUT2D eigenvalue weighted by Gasteiger charge is -2.15. The first kappa shape index (κ1) is 18.5. The van der Waals surface area contributed by atoms with E-state index in [9.17, 15) is 22.8 Å². The van der Waals surface area contributed by atoms with Crippen molar-refractivity contribution in [3.8, 4) is 5.69 Å². The second-order valence-corrected chi connectivity index (χ2v) is 6.24. The lowest BCUT2D eigenvalue weighted by Crippen LogP contribution is -2.43. The number of hydrogen-bond donors (Lipinski definition) is 0. The quantitative estimate of drug-likeness (QED) is 0.531. The van der Waals surface area contributed by atoms with Gasteiger partial charge in [-0.25, -0.2) is 18.0 Å². The molecular formula is C21H13F3N2O3. The van der Waals surface area contributed by atoms with Crippen LogP contribution in [-0.4, -0.2) is 9.30 Å². The number of hydrogen-bond acceptors (Lipinski definition) is 3. The third-order valence-corrected chi connectivity index (χ3v) is 4.35. The van der Waals surface area contributed by atoms with Gasteiger partial charge in [0.15, 0.2) is 11.6 Å². The van der Waals surface area contributed by atoms with E-state index in [0.29, 0.717) is 16.4 Å². The van der Waals surface area contributed by atoms with Crippen LogP contribution in [0, 0.1) is 17.5 Å². The number of aromatic nitrogens is 2. The zero-order valence-corrected chi connectivity index (χ0v) is 14.8. The van der Waals surface area contributed by atoms with Crippen LogP contribution in [0.15, 0.2) is 76.3 Å². The summed E-state index contributed by atoms with van der Waals surface area (Å²) in [5.41, 5.74) is -1.18. The summed E-state index contributed by atoms with van der Waals surface area (Å²) in [4.78, 5) is 31.1. The molecule has 5 nitrogen and oxygen atoms in total. The highest BCUT2D eigenvalue weighted by Crippen LogP contribution is 2.18. The van der Waals surface area contributed by atoms with Gasteiger partial charge in [0.05, 0.1) is 16.6 Å². The second-order valence-electron chi connectivity index (χ2n) is 6.24. The Morgan fingerprint density at radius 3 is 2.17 bits per heavy atom. The van der Waals surface area contributed by atoms with Crippen LogP contribution < -0.4 is 16.1 Å². The van der Waals surface area contributed by atoms with Gasteiger partial charge in [-0.1, -0.05) is 35.1 Å². The van der Waals surface area contributed by atoms with Gasteiger partial charge < -0.3 is 4.84 Å². The molecule has 0 saturated heterocycles. The van der Waals surface area contributed by atoms with Crippen molar-refractivity contribution in [1.82, 2.24) is 9.30 Å². The van der Waals surface area contributed by atoms with Gasteiger partial charge >= 0.3 is 5.69 Å². The summed E-state index contributed by atoms with van der Waals surface area (Å²) >= 11 is 0. The van der Waals surface area contributed by atoms with Gasteiger partial charge in [-0.15, -0.1) is 0 Å². The molecule has 4 rings (SSSR count). The van der Waals surface area contributed by atoms with E-state index in [1.54, 1.807) is 30.3 Å². The zero-order valence-electron chi connectivity index (χ0n) is 14.8. The van der Waals surface area contributed by atoms with E-state index >= 15 is 0 Å². The van der Waals surface area contributed by atoms with Crippen molar-refractivity contribution in [3.05, 3.63) is 111 Å². The normalized spacial score (nSPS) is 11.0. The molecular weight excluding hydrogens is 385 g/mol. The highest BCUT2D eigenvalue weighted by molar-refractivity contribution is 5.79. The van der Waals surface area contributed by atoms with Crippen LogP contribution in [0.5, 0.6) is 0 Å². The van der Waals surface area contributed by atoms with Crippen LogP contribution >= 0.6 is 0 Å². The molecule has 3 aromatic carbocycles. The predicted octanol–water partition coefficient (Wildman–Crippen LogP) is 3.20. The van der Waals surface area contributed by atoms with Crippen molar-refractivity contribution < 1.29 is 18.0 Å². The lowest BCUT2D eigenvalue weighted by molar-refractivity contribution is 0.0789. The summed E-state index contributed by atoms with van der Waals surface area (Å²) in [5, 5.41) is -0.263. The van der Waals surface area contributed by atoms with E-state index in [2.05, 4.69) is 0 Å². The summed E-state index contributed by atoms with van der Waals surface area (Å²) < 4.78 is 42.4. The topological polar surface area (TPSA) is 53.2 Å². The van der Waals surface area contributed by atoms with Crippen molar-refractivity contribution in [2.45, 2.75) is 6.61 Å². The van der Waals surface area contributed by atoms with Crippen molar-refractivity contribution in [1.29, 1.82) is 0 Å². The number of fused-ring (bicyclic) bond motifs is 1. The van der Waals surface area contributed by atoms with Gasteiger partial charge in [0.2, 0.25) is 0 Å². The second kappa shape index (κ2) is 7.31. The molecule has 8 heteroatoms.